The first-order valence-electron chi connectivity index (χ1n) is 7.22. The molecule has 0 spiro atoms. The summed E-state index contributed by atoms with van der Waals surface area (Å²) >= 11 is 6.07. The van der Waals surface area contributed by atoms with Crippen LogP contribution < -0.4 is 5.32 Å². The largest absolute Gasteiger partial charge is 0.307 e. The lowest BCUT2D eigenvalue weighted by atomic mass is 10.0. The zero-order chi connectivity index (χ0) is 14.1. The van der Waals surface area contributed by atoms with Crippen molar-refractivity contribution in [2.45, 2.75) is 38.8 Å². The molecule has 2 aromatic carbocycles. The quantitative estimate of drug-likeness (QED) is 0.877. The van der Waals surface area contributed by atoms with Crippen molar-refractivity contribution in [3.05, 3.63) is 69.7 Å². The molecule has 0 fully saturated rings. The van der Waals surface area contributed by atoms with Gasteiger partial charge in [-0.05, 0) is 55.5 Å². The van der Waals surface area contributed by atoms with E-state index in [4.69, 9.17) is 11.6 Å². The van der Waals surface area contributed by atoms with Gasteiger partial charge in [0.15, 0.2) is 0 Å². The van der Waals surface area contributed by atoms with Crippen LogP contribution in [0.5, 0.6) is 0 Å². The topological polar surface area (TPSA) is 12.0 Å². The lowest BCUT2D eigenvalue weighted by Crippen LogP contribution is -2.32. The van der Waals surface area contributed by atoms with Gasteiger partial charge in [-0.3, -0.25) is 0 Å². The highest BCUT2D eigenvalue weighted by molar-refractivity contribution is 6.30. The van der Waals surface area contributed by atoms with Crippen molar-refractivity contribution in [2.24, 2.45) is 0 Å². The molecule has 0 aromatic heterocycles. The summed E-state index contributed by atoms with van der Waals surface area (Å²) in [6.45, 7) is 4.36. The smallest absolute Gasteiger partial charge is 0.0408 e. The van der Waals surface area contributed by atoms with E-state index in [1.54, 1.807) is 0 Å². The number of fused-ring (bicyclic) bond motifs is 1. The summed E-state index contributed by atoms with van der Waals surface area (Å²) in [5.74, 6) is 0. The van der Waals surface area contributed by atoms with Gasteiger partial charge in [0.05, 0.1) is 0 Å². The van der Waals surface area contributed by atoms with E-state index >= 15 is 0 Å². The summed E-state index contributed by atoms with van der Waals surface area (Å²) in [6, 6.07) is 15.9. The summed E-state index contributed by atoms with van der Waals surface area (Å²) < 4.78 is 0. The Labute approximate surface area is 126 Å². The minimum absolute atomic E-state index is 0.380. The van der Waals surface area contributed by atoms with Crippen LogP contribution in [0, 0.1) is 6.92 Å². The molecule has 0 bridgehead atoms. The van der Waals surface area contributed by atoms with Crippen molar-refractivity contribution in [3.8, 4) is 0 Å². The third kappa shape index (κ3) is 2.89. The summed E-state index contributed by atoms with van der Waals surface area (Å²) in [5.41, 5.74) is 5.49. The molecule has 2 heteroatoms. The third-order valence-corrected chi connectivity index (χ3v) is 4.40. The first kappa shape index (κ1) is 13.7. The van der Waals surface area contributed by atoms with Crippen LogP contribution in [0.2, 0.25) is 5.02 Å². The first-order chi connectivity index (χ1) is 9.61. The van der Waals surface area contributed by atoms with E-state index in [0.29, 0.717) is 12.1 Å². The number of rotatable bonds is 3. The molecule has 1 unspecified atom stereocenters. The Bertz CT molecular complexity index is 603. The highest BCUT2D eigenvalue weighted by Crippen LogP contribution is 2.27. The van der Waals surface area contributed by atoms with Gasteiger partial charge in [0.2, 0.25) is 0 Å². The summed E-state index contributed by atoms with van der Waals surface area (Å²) in [7, 11) is 0. The fraction of sp³-hybridized carbons (Fsp3) is 0.333. The molecule has 0 aliphatic heterocycles. The van der Waals surface area contributed by atoms with Crippen molar-refractivity contribution < 1.29 is 0 Å². The minimum atomic E-state index is 0.380. The van der Waals surface area contributed by atoms with Gasteiger partial charge in [0.1, 0.15) is 0 Å². The number of benzene rings is 2. The number of aryl methyl sites for hydroxylation is 1. The Morgan fingerprint density at radius 1 is 1.05 bits per heavy atom. The minimum Gasteiger partial charge on any atom is -0.307 e. The van der Waals surface area contributed by atoms with Crippen LogP contribution in [0.3, 0.4) is 0 Å². The van der Waals surface area contributed by atoms with E-state index in [0.717, 1.165) is 17.9 Å². The predicted molar refractivity (Wildman–Crippen MR) is 85.4 cm³/mol. The molecule has 1 aliphatic carbocycles. The maximum atomic E-state index is 6.07. The summed E-state index contributed by atoms with van der Waals surface area (Å²) in [6.07, 6.45) is 2.18. The second-order valence-electron chi connectivity index (χ2n) is 5.82. The van der Waals surface area contributed by atoms with Crippen molar-refractivity contribution in [3.63, 3.8) is 0 Å². The summed E-state index contributed by atoms with van der Waals surface area (Å²) in [5, 5.41) is 4.58. The van der Waals surface area contributed by atoms with E-state index < -0.39 is 0 Å². The zero-order valence-corrected chi connectivity index (χ0v) is 12.7. The molecule has 3 rings (SSSR count). The van der Waals surface area contributed by atoms with Gasteiger partial charge in [-0.25, -0.2) is 0 Å². The van der Waals surface area contributed by atoms with Crippen LogP contribution in [0.4, 0.5) is 0 Å². The van der Waals surface area contributed by atoms with Crippen molar-refractivity contribution >= 4 is 11.6 Å². The van der Waals surface area contributed by atoms with Crippen molar-refractivity contribution in [2.75, 3.05) is 0 Å². The summed E-state index contributed by atoms with van der Waals surface area (Å²) in [4.78, 5) is 0. The van der Waals surface area contributed by atoms with E-state index in [-0.39, 0.29) is 0 Å². The molecule has 2 atom stereocenters. The van der Waals surface area contributed by atoms with Gasteiger partial charge in [-0.2, -0.15) is 0 Å². The number of halogens is 1. The Balaban J connectivity index is 1.67. The molecule has 0 amide bonds. The Morgan fingerprint density at radius 3 is 2.50 bits per heavy atom. The average molecular weight is 286 g/mol. The zero-order valence-electron chi connectivity index (χ0n) is 12.0. The SMILES string of the molecule is Cc1ccc([C@@H](C)NC2Cc3ccc(Cl)cc3C2)cc1. The monoisotopic (exact) mass is 285 g/mol. The maximum Gasteiger partial charge on any atom is 0.0408 e. The van der Waals surface area contributed by atoms with Crippen molar-refractivity contribution in [1.29, 1.82) is 0 Å². The molecule has 1 nitrogen and oxygen atoms in total. The van der Waals surface area contributed by atoms with E-state index in [9.17, 15) is 0 Å². The molecular weight excluding hydrogens is 266 g/mol. The van der Waals surface area contributed by atoms with Crippen LogP contribution in [0.1, 0.15) is 35.2 Å². The molecule has 0 saturated carbocycles. The normalized spacial score (nSPS) is 18.9. The molecular formula is C18H20ClN. The fourth-order valence-corrected chi connectivity index (χ4v) is 3.20. The number of nitrogens with one attached hydrogen (secondary N) is 1. The molecule has 2 aromatic rings. The standard InChI is InChI=1S/C18H20ClN/c1-12-3-5-14(6-4-12)13(2)20-18-10-15-7-8-17(19)9-16(15)11-18/h3-9,13,18,20H,10-11H2,1-2H3/t13-,18?/m1/s1. The first-order valence-corrected chi connectivity index (χ1v) is 7.59. The Kier molecular flexibility index (Phi) is 3.82. The van der Waals surface area contributed by atoms with Crippen LogP contribution in [0.15, 0.2) is 42.5 Å². The number of hydrogen-bond acceptors (Lipinski definition) is 1. The second-order valence-corrected chi connectivity index (χ2v) is 6.25. The Morgan fingerprint density at radius 2 is 1.75 bits per heavy atom. The highest BCUT2D eigenvalue weighted by Gasteiger charge is 2.22. The van der Waals surface area contributed by atoms with Gasteiger partial charge < -0.3 is 5.32 Å². The average Bonchev–Trinajstić information content (AvgIpc) is 2.80. The van der Waals surface area contributed by atoms with Gasteiger partial charge in [-0.15, -0.1) is 0 Å². The van der Waals surface area contributed by atoms with Gasteiger partial charge in [0.25, 0.3) is 0 Å². The van der Waals surface area contributed by atoms with Crippen LogP contribution in [-0.4, -0.2) is 6.04 Å². The predicted octanol–water partition coefficient (Wildman–Crippen LogP) is 4.47. The Hall–Kier alpha value is -1.31. The van der Waals surface area contributed by atoms with E-state index in [1.165, 1.54) is 22.3 Å². The highest BCUT2D eigenvalue weighted by atomic mass is 35.5. The van der Waals surface area contributed by atoms with Crippen LogP contribution in [0.25, 0.3) is 0 Å². The van der Waals surface area contributed by atoms with Gasteiger partial charge in [-0.1, -0.05) is 47.5 Å². The molecule has 1 aliphatic rings. The second kappa shape index (κ2) is 5.59. The van der Waals surface area contributed by atoms with E-state index in [2.05, 4.69) is 55.6 Å². The molecule has 0 heterocycles. The number of hydrogen-bond donors (Lipinski definition) is 1. The third-order valence-electron chi connectivity index (χ3n) is 4.16. The molecule has 1 N–H and O–H groups in total. The van der Waals surface area contributed by atoms with Crippen LogP contribution in [-0.2, 0) is 12.8 Å². The lowest BCUT2D eigenvalue weighted by molar-refractivity contribution is 0.467. The lowest BCUT2D eigenvalue weighted by Gasteiger charge is -2.19. The van der Waals surface area contributed by atoms with Gasteiger partial charge in [0, 0.05) is 17.1 Å². The molecule has 20 heavy (non-hydrogen) atoms. The molecule has 0 saturated heterocycles. The fourth-order valence-electron chi connectivity index (χ4n) is 3.01. The maximum absolute atomic E-state index is 6.07. The molecule has 104 valence electrons. The van der Waals surface area contributed by atoms with Crippen molar-refractivity contribution in [1.82, 2.24) is 5.32 Å². The molecule has 0 radical (unpaired) electrons. The van der Waals surface area contributed by atoms with Gasteiger partial charge >= 0.3 is 0 Å². The van der Waals surface area contributed by atoms with Crippen LogP contribution >= 0.6 is 11.6 Å². The van der Waals surface area contributed by atoms with E-state index in [1.807, 2.05) is 6.07 Å².